The summed E-state index contributed by atoms with van der Waals surface area (Å²) in [6.45, 7) is 3.98. The summed E-state index contributed by atoms with van der Waals surface area (Å²) in [6.07, 6.45) is 1.03. The van der Waals surface area contributed by atoms with Crippen molar-refractivity contribution in [3.05, 3.63) is 0 Å². The first-order chi connectivity index (χ1) is 9.01. The first-order valence-corrected chi connectivity index (χ1v) is 6.48. The molecule has 6 heteroatoms. The maximum Gasteiger partial charge on any atom is 0.303 e. The van der Waals surface area contributed by atoms with Gasteiger partial charge in [0.15, 0.2) is 0 Å². The highest BCUT2D eigenvalue weighted by atomic mass is 16.5. The van der Waals surface area contributed by atoms with Gasteiger partial charge in [-0.2, -0.15) is 0 Å². The molecule has 0 aliphatic heterocycles. The standard InChI is InChI=1S/C13H25NO5/c1-11(10-13(16)17)9-12(15)14(6-8-19-3)5-4-7-18-2/h11H,4-10H2,1-3H3,(H,16,17). The van der Waals surface area contributed by atoms with Crippen LogP contribution < -0.4 is 0 Å². The number of hydrogen-bond donors (Lipinski definition) is 1. The van der Waals surface area contributed by atoms with Crippen molar-refractivity contribution >= 4 is 11.9 Å². The Morgan fingerprint density at radius 1 is 1.11 bits per heavy atom. The molecule has 1 N–H and O–H groups in total. The van der Waals surface area contributed by atoms with E-state index in [1.165, 1.54) is 0 Å². The quantitative estimate of drug-likeness (QED) is 0.569. The first kappa shape index (κ1) is 17.9. The van der Waals surface area contributed by atoms with Crippen LogP contribution in [0.3, 0.4) is 0 Å². The molecule has 19 heavy (non-hydrogen) atoms. The van der Waals surface area contributed by atoms with E-state index in [4.69, 9.17) is 14.6 Å². The number of hydrogen-bond acceptors (Lipinski definition) is 4. The number of methoxy groups -OCH3 is 2. The van der Waals surface area contributed by atoms with Crippen LogP contribution in [0.25, 0.3) is 0 Å². The highest BCUT2D eigenvalue weighted by molar-refractivity contribution is 5.77. The maximum atomic E-state index is 12.1. The van der Waals surface area contributed by atoms with Gasteiger partial charge < -0.3 is 19.5 Å². The second-order valence-corrected chi connectivity index (χ2v) is 4.63. The van der Waals surface area contributed by atoms with Crippen molar-refractivity contribution in [3.8, 4) is 0 Å². The molecule has 1 unspecified atom stereocenters. The minimum absolute atomic E-state index is 0.0158. The van der Waals surface area contributed by atoms with Gasteiger partial charge in [-0.15, -0.1) is 0 Å². The van der Waals surface area contributed by atoms with E-state index in [1.54, 1.807) is 26.0 Å². The largest absolute Gasteiger partial charge is 0.481 e. The Hall–Kier alpha value is -1.14. The van der Waals surface area contributed by atoms with Crippen LogP contribution in [0.4, 0.5) is 0 Å². The lowest BCUT2D eigenvalue weighted by Gasteiger charge is -2.23. The molecule has 112 valence electrons. The molecule has 6 nitrogen and oxygen atoms in total. The van der Waals surface area contributed by atoms with E-state index < -0.39 is 5.97 Å². The van der Waals surface area contributed by atoms with Crippen LogP contribution in [-0.2, 0) is 19.1 Å². The lowest BCUT2D eigenvalue weighted by Crippen LogP contribution is -2.36. The van der Waals surface area contributed by atoms with E-state index in [0.29, 0.717) is 26.3 Å². The second-order valence-electron chi connectivity index (χ2n) is 4.63. The van der Waals surface area contributed by atoms with Crippen LogP contribution >= 0.6 is 0 Å². The topological polar surface area (TPSA) is 76.1 Å². The Kier molecular flexibility index (Phi) is 10.1. The Morgan fingerprint density at radius 3 is 2.26 bits per heavy atom. The van der Waals surface area contributed by atoms with Gasteiger partial charge in [-0.3, -0.25) is 9.59 Å². The van der Waals surface area contributed by atoms with Gasteiger partial charge in [0.25, 0.3) is 0 Å². The number of rotatable bonds is 11. The zero-order valence-electron chi connectivity index (χ0n) is 12.1. The number of carbonyl (C=O) groups is 2. The van der Waals surface area contributed by atoms with Crippen LogP contribution in [0, 0.1) is 5.92 Å². The second kappa shape index (κ2) is 10.8. The molecule has 0 radical (unpaired) electrons. The Bertz CT molecular complexity index is 270. The summed E-state index contributed by atoms with van der Waals surface area (Å²) >= 11 is 0. The minimum atomic E-state index is -0.872. The summed E-state index contributed by atoms with van der Waals surface area (Å²) in [5.41, 5.74) is 0. The molecule has 0 saturated heterocycles. The summed E-state index contributed by atoms with van der Waals surface area (Å²) in [5.74, 6) is -1.05. The summed E-state index contributed by atoms with van der Waals surface area (Å²) in [4.78, 5) is 24.4. The van der Waals surface area contributed by atoms with Crippen molar-refractivity contribution in [1.82, 2.24) is 4.90 Å². The van der Waals surface area contributed by atoms with E-state index in [2.05, 4.69) is 0 Å². The Morgan fingerprint density at radius 2 is 1.74 bits per heavy atom. The number of aliphatic carboxylic acids is 1. The predicted molar refractivity (Wildman–Crippen MR) is 71.0 cm³/mol. The first-order valence-electron chi connectivity index (χ1n) is 6.48. The van der Waals surface area contributed by atoms with Gasteiger partial charge in [0, 0.05) is 46.8 Å². The van der Waals surface area contributed by atoms with Crippen molar-refractivity contribution in [3.63, 3.8) is 0 Å². The number of carboxylic acid groups (broad SMARTS) is 1. The molecule has 1 atom stereocenters. The zero-order valence-corrected chi connectivity index (χ0v) is 12.1. The van der Waals surface area contributed by atoms with Crippen LogP contribution in [0.1, 0.15) is 26.2 Å². The third kappa shape index (κ3) is 9.44. The fraction of sp³-hybridized carbons (Fsp3) is 0.846. The Balaban J connectivity index is 4.22. The van der Waals surface area contributed by atoms with Crippen LogP contribution in [0.2, 0.25) is 0 Å². The molecule has 0 aromatic carbocycles. The molecule has 0 aromatic heterocycles. The third-order valence-corrected chi connectivity index (χ3v) is 2.74. The highest BCUT2D eigenvalue weighted by Gasteiger charge is 2.18. The molecule has 0 heterocycles. The van der Waals surface area contributed by atoms with Gasteiger partial charge in [0.2, 0.25) is 5.91 Å². The average molecular weight is 275 g/mol. The van der Waals surface area contributed by atoms with E-state index in [1.807, 2.05) is 0 Å². The molecule has 0 saturated carbocycles. The van der Waals surface area contributed by atoms with Gasteiger partial charge in [-0.1, -0.05) is 6.92 Å². The zero-order chi connectivity index (χ0) is 14.7. The maximum absolute atomic E-state index is 12.1. The summed E-state index contributed by atoms with van der Waals surface area (Å²) < 4.78 is 9.94. The van der Waals surface area contributed by atoms with Crippen molar-refractivity contribution in [2.75, 3.05) is 40.5 Å². The molecular formula is C13H25NO5. The van der Waals surface area contributed by atoms with Crippen LogP contribution in [0.15, 0.2) is 0 Å². The van der Waals surface area contributed by atoms with Crippen molar-refractivity contribution in [2.24, 2.45) is 5.92 Å². The minimum Gasteiger partial charge on any atom is -0.481 e. The lowest BCUT2D eigenvalue weighted by molar-refractivity contribution is -0.138. The molecule has 0 aliphatic rings. The van der Waals surface area contributed by atoms with Gasteiger partial charge in [0.1, 0.15) is 0 Å². The van der Waals surface area contributed by atoms with E-state index >= 15 is 0 Å². The molecule has 0 spiro atoms. The van der Waals surface area contributed by atoms with E-state index in [9.17, 15) is 9.59 Å². The SMILES string of the molecule is COCCCN(CCOC)C(=O)CC(C)CC(=O)O. The average Bonchev–Trinajstić information content (AvgIpc) is 2.32. The number of amides is 1. The molecular weight excluding hydrogens is 250 g/mol. The number of ether oxygens (including phenoxy) is 2. The molecule has 0 aromatic rings. The van der Waals surface area contributed by atoms with Gasteiger partial charge in [0.05, 0.1) is 6.61 Å². The lowest BCUT2D eigenvalue weighted by atomic mass is 10.0. The van der Waals surface area contributed by atoms with E-state index in [-0.39, 0.29) is 24.7 Å². The van der Waals surface area contributed by atoms with Crippen LogP contribution in [-0.4, -0.2) is 62.4 Å². The number of carbonyl (C=O) groups excluding carboxylic acids is 1. The van der Waals surface area contributed by atoms with Gasteiger partial charge in [-0.05, 0) is 12.3 Å². The third-order valence-electron chi connectivity index (χ3n) is 2.74. The van der Waals surface area contributed by atoms with E-state index in [0.717, 1.165) is 6.42 Å². The predicted octanol–water partition coefficient (Wildman–Crippen LogP) is 0.999. The highest BCUT2D eigenvalue weighted by Crippen LogP contribution is 2.10. The van der Waals surface area contributed by atoms with Crippen molar-refractivity contribution in [1.29, 1.82) is 0 Å². The fourth-order valence-corrected chi connectivity index (χ4v) is 1.76. The molecule has 0 rings (SSSR count). The van der Waals surface area contributed by atoms with Crippen LogP contribution in [0.5, 0.6) is 0 Å². The molecule has 0 bridgehead atoms. The van der Waals surface area contributed by atoms with Crippen molar-refractivity contribution in [2.45, 2.75) is 26.2 Å². The molecule has 0 aliphatic carbocycles. The summed E-state index contributed by atoms with van der Waals surface area (Å²) in [6, 6.07) is 0. The van der Waals surface area contributed by atoms with Gasteiger partial charge >= 0.3 is 5.97 Å². The van der Waals surface area contributed by atoms with Gasteiger partial charge in [-0.25, -0.2) is 0 Å². The number of carboxylic acids is 1. The Labute approximate surface area is 114 Å². The summed E-state index contributed by atoms with van der Waals surface area (Å²) in [7, 11) is 3.21. The monoisotopic (exact) mass is 275 g/mol. The molecule has 0 fully saturated rings. The number of nitrogens with zero attached hydrogens (tertiary/aromatic N) is 1. The smallest absolute Gasteiger partial charge is 0.303 e. The molecule has 1 amide bonds. The van der Waals surface area contributed by atoms with Crippen molar-refractivity contribution < 1.29 is 24.2 Å². The summed E-state index contributed by atoms with van der Waals surface area (Å²) in [5, 5.41) is 8.69. The normalized spacial score (nSPS) is 12.2. The fourth-order valence-electron chi connectivity index (χ4n) is 1.76.